The highest BCUT2D eigenvalue weighted by molar-refractivity contribution is 4.97. The molecule has 2 heteroatoms. The van der Waals surface area contributed by atoms with Gasteiger partial charge in [-0.2, -0.15) is 0 Å². The fourth-order valence-corrected chi connectivity index (χ4v) is 3.75. The summed E-state index contributed by atoms with van der Waals surface area (Å²) in [5.74, 6) is 0.820. The second-order valence-electron chi connectivity index (χ2n) is 6.72. The van der Waals surface area contributed by atoms with Crippen LogP contribution in [0.3, 0.4) is 0 Å². The predicted molar refractivity (Wildman–Crippen MR) is 74.3 cm³/mol. The van der Waals surface area contributed by atoms with Crippen LogP contribution in [0, 0.1) is 5.92 Å². The Hall–Kier alpha value is -0.0800. The topological polar surface area (TPSA) is 15.3 Å². The van der Waals surface area contributed by atoms with E-state index < -0.39 is 0 Å². The monoisotopic (exact) mass is 238 g/mol. The molecule has 0 radical (unpaired) electrons. The molecule has 1 spiro atoms. The third-order valence-electron chi connectivity index (χ3n) is 4.62. The van der Waals surface area contributed by atoms with Gasteiger partial charge in [-0.25, -0.2) is 0 Å². The molecule has 0 amide bonds. The van der Waals surface area contributed by atoms with Crippen molar-refractivity contribution >= 4 is 0 Å². The summed E-state index contributed by atoms with van der Waals surface area (Å²) >= 11 is 0. The lowest BCUT2D eigenvalue weighted by molar-refractivity contribution is 0.150. The molecule has 100 valence electrons. The average Bonchev–Trinajstić information content (AvgIpc) is 2.58. The van der Waals surface area contributed by atoms with Gasteiger partial charge in [-0.05, 0) is 51.6 Å². The first-order valence-corrected chi connectivity index (χ1v) is 7.60. The minimum Gasteiger partial charge on any atom is -0.310 e. The Labute approximate surface area is 107 Å². The molecule has 2 rings (SSSR count). The van der Waals surface area contributed by atoms with Crippen molar-refractivity contribution in [2.24, 2.45) is 5.92 Å². The van der Waals surface area contributed by atoms with E-state index in [1.807, 2.05) is 0 Å². The zero-order valence-electron chi connectivity index (χ0n) is 12.0. The van der Waals surface area contributed by atoms with Crippen LogP contribution in [0.4, 0.5) is 0 Å². The van der Waals surface area contributed by atoms with Crippen LogP contribution in [-0.4, -0.2) is 36.1 Å². The minimum atomic E-state index is 0.474. The summed E-state index contributed by atoms with van der Waals surface area (Å²) < 4.78 is 0. The molecule has 1 unspecified atom stereocenters. The fourth-order valence-electron chi connectivity index (χ4n) is 3.75. The number of rotatable bonds is 3. The molecule has 1 heterocycles. The van der Waals surface area contributed by atoms with Gasteiger partial charge in [0.05, 0.1) is 0 Å². The Morgan fingerprint density at radius 2 is 1.82 bits per heavy atom. The standard InChI is InChI=1S/C15H30N2/c1-13(2)11-14(3)17-10-6-9-16-15(12-17)7-4-5-8-15/h13-14,16H,4-12H2,1-3H3. The lowest BCUT2D eigenvalue weighted by atomic mass is 9.95. The molecule has 2 aliphatic rings. The second-order valence-corrected chi connectivity index (χ2v) is 6.72. The summed E-state index contributed by atoms with van der Waals surface area (Å²) in [4.78, 5) is 2.76. The predicted octanol–water partition coefficient (Wildman–Crippen LogP) is 3.03. The fraction of sp³-hybridized carbons (Fsp3) is 1.00. The van der Waals surface area contributed by atoms with E-state index in [1.54, 1.807) is 0 Å². The summed E-state index contributed by atoms with van der Waals surface area (Å²) in [6.45, 7) is 10.9. The first-order valence-electron chi connectivity index (χ1n) is 7.60. The van der Waals surface area contributed by atoms with Crippen LogP contribution in [0.5, 0.6) is 0 Å². The van der Waals surface area contributed by atoms with E-state index in [-0.39, 0.29) is 0 Å². The van der Waals surface area contributed by atoms with E-state index in [9.17, 15) is 0 Å². The summed E-state index contributed by atoms with van der Waals surface area (Å²) in [7, 11) is 0. The minimum absolute atomic E-state index is 0.474. The molecule has 2 nitrogen and oxygen atoms in total. The van der Waals surface area contributed by atoms with Crippen LogP contribution in [0.25, 0.3) is 0 Å². The summed E-state index contributed by atoms with van der Waals surface area (Å²) in [5, 5.41) is 3.85. The molecular weight excluding hydrogens is 208 g/mol. The van der Waals surface area contributed by atoms with Crippen molar-refractivity contribution in [3.05, 3.63) is 0 Å². The zero-order valence-corrected chi connectivity index (χ0v) is 12.0. The maximum absolute atomic E-state index is 3.85. The van der Waals surface area contributed by atoms with Crippen molar-refractivity contribution in [3.8, 4) is 0 Å². The van der Waals surface area contributed by atoms with E-state index in [0.29, 0.717) is 5.54 Å². The highest BCUT2D eigenvalue weighted by Gasteiger charge is 2.37. The molecular formula is C15H30N2. The van der Waals surface area contributed by atoms with Gasteiger partial charge in [0.2, 0.25) is 0 Å². The molecule has 0 aromatic rings. The summed E-state index contributed by atoms with van der Waals surface area (Å²) in [6, 6.07) is 0.757. The normalized spacial score (nSPS) is 27.5. The molecule has 2 fully saturated rings. The van der Waals surface area contributed by atoms with Crippen LogP contribution >= 0.6 is 0 Å². The molecule has 1 N–H and O–H groups in total. The first-order chi connectivity index (χ1) is 8.11. The molecule has 17 heavy (non-hydrogen) atoms. The summed E-state index contributed by atoms with van der Waals surface area (Å²) in [5.41, 5.74) is 0.474. The van der Waals surface area contributed by atoms with Gasteiger partial charge < -0.3 is 5.32 Å². The van der Waals surface area contributed by atoms with Gasteiger partial charge in [-0.3, -0.25) is 4.90 Å². The van der Waals surface area contributed by atoms with Crippen LogP contribution in [-0.2, 0) is 0 Å². The Morgan fingerprint density at radius 1 is 1.12 bits per heavy atom. The third kappa shape index (κ3) is 3.45. The van der Waals surface area contributed by atoms with Crippen LogP contribution in [0.2, 0.25) is 0 Å². The Bertz CT molecular complexity index is 231. The molecule has 1 saturated carbocycles. The highest BCUT2D eigenvalue weighted by atomic mass is 15.2. The van der Waals surface area contributed by atoms with Crippen LogP contribution in [0.1, 0.15) is 59.3 Å². The van der Waals surface area contributed by atoms with Gasteiger partial charge in [-0.15, -0.1) is 0 Å². The summed E-state index contributed by atoms with van der Waals surface area (Å²) in [6.07, 6.45) is 8.33. The molecule has 0 bridgehead atoms. The second kappa shape index (κ2) is 5.71. The molecule has 0 aromatic heterocycles. The van der Waals surface area contributed by atoms with E-state index in [1.165, 1.54) is 58.2 Å². The number of nitrogens with one attached hydrogen (secondary N) is 1. The molecule has 0 aromatic carbocycles. The number of hydrogen-bond donors (Lipinski definition) is 1. The van der Waals surface area contributed by atoms with Crippen molar-refractivity contribution in [1.82, 2.24) is 10.2 Å². The highest BCUT2D eigenvalue weighted by Crippen LogP contribution is 2.32. The average molecular weight is 238 g/mol. The quantitative estimate of drug-likeness (QED) is 0.813. The van der Waals surface area contributed by atoms with Crippen LogP contribution in [0.15, 0.2) is 0 Å². The zero-order chi connectivity index (χ0) is 12.3. The maximum Gasteiger partial charge on any atom is 0.0308 e. The van der Waals surface area contributed by atoms with Gasteiger partial charge in [0.1, 0.15) is 0 Å². The number of nitrogens with zero attached hydrogens (tertiary/aromatic N) is 1. The molecule has 1 atom stereocenters. The molecule has 1 saturated heterocycles. The van der Waals surface area contributed by atoms with Crippen molar-refractivity contribution in [2.75, 3.05) is 19.6 Å². The Balaban J connectivity index is 1.96. The first kappa shape index (κ1) is 13.4. The van der Waals surface area contributed by atoms with Crippen molar-refractivity contribution in [3.63, 3.8) is 0 Å². The van der Waals surface area contributed by atoms with Crippen molar-refractivity contribution < 1.29 is 0 Å². The van der Waals surface area contributed by atoms with E-state index >= 15 is 0 Å². The van der Waals surface area contributed by atoms with Gasteiger partial charge in [0.15, 0.2) is 0 Å². The van der Waals surface area contributed by atoms with Gasteiger partial charge in [-0.1, -0.05) is 26.7 Å². The smallest absolute Gasteiger partial charge is 0.0308 e. The maximum atomic E-state index is 3.85. The largest absolute Gasteiger partial charge is 0.310 e. The lowest BCUT2D eigenvalue weighted by Gasteiger charge is -2.37. The van der Waals surface area contributed by atoms with E-state index in [4.69, 9.17) is 0 Å². The third-order valence-corrected chi connectivity index (χ3v) is 4.62. The van der Waals surface area contributed by atoms with Crippen molar-refractivity contribution in [2.45, 2.75) is 70.9 Å². The van der Waals surface area contributed by atoms with Crippen molar-refractivity contribution in [1.29, 1.82) is 0 Å². The lowest BCUT2D eigenvalue weighted by Crippen LogP contribution is -2.51. The van der Waals surface area contributed by atoms with E-state index in [0.717, 1.165) is 12.0 Å². The SMILES string of the molecule is CC(C)CC(C)N1CCCNC2(CCCC2)C1. The Kier molecular flexibility index (Phi) is 4.48. The van der Waals surface area contributed by atoms with Crippen LogP contribution < -0.4 is 5.32 Å². The van der Waals surface area contributed by atoms with Gasteiger partial charge in [0, 0.05) is 18.1 Å². The van der Waals surface area contributed by atoms with Gasteiger partial charge >= 0.3 is 0 Å². The molecule has 1 aliphatic carbocycles. The Morgan fingerprint density at radius 3 is 2.47 bits per heavy atom. The van der Waals surface area contributed by atoms with Gasteiger partial charge in [0.25, 0.3) is 0 Å². The molecule has 1 aliphatic heterocycles. The van der Waals surface area contributed by atoms with E-state index in [2.05, 4.69) is 31.0 Å². The number of hydrogen-bond acceptors (Lipinski definition) is 2.